The zero-order valence-corrected chi connectivity index (χ0v) is 18.5. The van der Waals surface area contributed by atoms with Crippen molar-refractivity contribution in [1.82, 2.24) is 16.0 Å². The SMILES string of the molecule is CC(C)[C@H](NC(=O)[C@H](CO)NC(=O)[C@@H](N)CC(N)=O)C(=O)N[C@@H](Cc1ccccc1)C(=O)O. The van der Waals surface area contributed by atoms with Crippen LogP contribution in [0.25, 0.3) is 0 Å². The van der Waals surface area contributed by atoms with Crippen molar-refractivity contribution in [2.75, 3.05) is 6.61 Å². The molecular weight excluding hydrogens is 434 g/mol. The van der Waals surface area contributed by atoms with Gasteiger partial charge in [-0.25, -0.2) is 4.79 Å². The van der Waals surface area contributed by atoms with Crippen LogP contribution in [0.1, 0.15) is 25.8 Å². The first-order valence-electron chi connectivity index (χ1n) is 10.3. The third-order valence-electron chi connectivity index (χ3n) is 4.72. The number of hydrogen-bond donors (Lipinski definition) is 7. The first-order valence-corrected chi connectivity index (χ1v) is 10.3. The molecule has 0 radical (unpaired) electrons. The van der Waals surface area contributed by atoms with E-state index in [-0.39, 0.29) is 6.42 Å². The molecule has 12 heteroatoms. The number of amides is 4. The summed E-state index contributed by atoms with van der Waals surface area (Å²) < 4.78 is 0. The molecule has 0 spiro atoms. The molecule has 4 amide bonds. The smallest absolute Gasteiger partial charge is 0.326 e. The van der Waals surface area contributed by atoms with Crippen LogP contribution >= 0.6 is 0 Å². The van der Waals surface area contributed by atoms with Crippen LogP contribution in [0.15, 0.2) is 30.3 Å². The lowest BCUT2D eigenvalue weighted by atomic mass is 10.0. The minimum absolute atomic E-state index is 0.0355. The molecule has 33 heavy (non-hydrogen) atoms. The molecule has 1 rings (SSSR count). The second-order valence-corrected chi connectivity index (χ2v) is 7.84. The van der Waals surface area contributed by atoms with E-state index in [4.69, 9.17) is 11.5 Å². The molecule has 0 aliphatic carbocycles. The molecule has 0 saturated heterocycles. The molecule has 0 aliphatic rings. The Hall–Kier alpha value is -3.51. The Balaban J connectivity index is 2.85. The van der Waals surface area contributed by atoms with E-state index in [9.17, 15) is 34.2 Å². The topological polar surface area (TPSA) is 214 Å². The van der Waals surface area contributed by atoms with Crippen LogP contribution in [0.2, 0.25) is 0 Å². The Kier molecular flexibility index (Phi) is 11.0. The molecule has 4 atom stereocenters. The molecule has 9 N–H and O–H groups in total. The number of carbonyl (C=O) groups is 5. The minimum Gasteiger partial charge on any atom is -0.480 e. The molecule has 12 nitrogen and oxygen atoms in total. The summed E-state index contributed by atoms with van der Waals surface area (Å²) in [5.74, 6) is -5.03. The zero-order valence-electron chi connectivity index (χ0n) is 18.5. The van der Waals surface area contributed by atoms with E-state index >= 15 is 0 Å². The minimum atomic E-state index is -1.45. The van der Waals surface area contributed by atoms with Gasteiger partial charge in [-0.05, 0) is 11.5 Å². The second kappa shape index (κ2) is 13.1. The Morgan fingerprint density at radius 1 is 0.909 bits per heavy atom. The number of rotatable bonds is 13. The van der Waals surface area contributed by atoms with Crippen molar-refractivity contribution in [1.29, 1.82) is 0 Å². The molecule has 1 aromatic carbocycles. The van der Waals surface area contributed by atoms with Crippen molar-refractivity contribution in [3.8, 4) is 0 Å². The summed E-state index contributed by atoms with van der Waals surface area (Å²) in [6, 6.07) is 3.55. The fraction of sp³-hybridized carbons (Fsp3) is 0.476. The summed E-state index contributed by atoms with van der Waals surface area (Å²) in [7, 11) is 0. The Bertz CT molecular complexity index is 847. The van der Waals surface area contributed by atoms with Crippen molar-refractivity contribution in [2.45, 2.75) is 50.9 Å². The summed E-state index contributed by atoms with van der Waals surface area (Å²) in [6.45, 7) is 2.46. The van der Waals surface area contributed by atoms with Gasteiger partial charge in [-0.3, -0.25) is 19.2 Å². The lowest BCUT2D eigenvalue weighted by Crippen LogP contribution is -2.59. The second-order valence-electron chi connectivity index (χ2n) is 7.84. The molecule has 0 saturated carbocycles. The van der Waals surface area contributed by atoms with Crippen LogP contribution < -0.4 is 27.4 Å². The van der Waals surface area contributed by atoms with Crippen molar-refractivity contribution in [3.05, 3.63) is 35.9 Å². The van der Waals surface area contributed by atoms with E-state index in [0.717, 1.165) is 0 Å². The van der Waals surface area contributed by atoms with Gasteiger partial charge in [0.2, 0.25) is 23.6 Å². The number of benzene rings is 1. The van der Waals surface area contributed by atoms with Gasteiger partial charge in [-0.1, -0.05) is 44.2 Å². The van der Waals surface area contributed by atoms with E-state index in [1.54, 1.807) is 44.2 Å². The number of nitrogens with one attached hydrogen (secondary N) is 3. The highest BCUT2D eigenvalue weighted by atomic mass is 16.4. The van der Waals surface area contributed by atoms with Gasteiger partial charge in [-0.2, -0.15) is 0 Å². The summed E-state index contributed by atoms with van der Waals surface area (Å²) in [6.07, 6.45) is -0.422. The molecule has 1 aromatic rings. The predicted octanol–water partition coefficient (Wildman–Crippen LogP) is -2.38. The summed E-state index contributed by atoms with van der Waals surface area (Å²) in [5, 5.41) is 26.0. The number of carbonyl (C=O) groups excluding carboxylic acids is 4. The number of aliphatic hydroxyl groups is 1. The van der Waals surface area contributed by atoms with E-state index in [1.165, 1.54) is 0 Å². The van der Waals surface area contributed by atoms with Crippen molar-refractivity contribution in [2.24, 2.45) is 17.4 Å². The quantitative estimate of drug-likeness (QED) is 0.167. The first kappa shape index (κ1) is 27.5. The highest BCUT2D eigenvalue weighted by Gasteiger charge is 2.31. The maximum absolute atomic E-state index is 12.8. The molecule has 0 fully saturated rings. The average Bonchev–Trinajstić information content (AvgIpc) is 2.74. The Morgan fingerprint density at radius 3 is 1.97 bits per heavy atom. The molecule has 0 unspecified atom stereocenters. The lowest BCUT2D eigenvalue weighted by Gasteiger charge is -2.26. The molecular formula is C21H31N5O7. The Labute approximate surface area is 191 Å². The van der Waals surface area contributed by atoms with Gasteiger partial charge in [0.1, 0.15) is 18.1 Å². The predicted molar refractivity (Wildman–Crippen MR) is 117 cm³/mol. The van der Waals surface area contributed by atoms with E-state index < -0.39 is 72.7 Å². The van der Waals surface area contributed by atoms with Crippen LogP contribution in [-0.4, -0.2) is 70.6 Å². The highest BCUT2D eigenvalue weighted by Crippen LogP contribution is 2.07. The lowest BCUT2D eigenvalue weighted by molar-refractivity contribution is -0.142. The van der Waals surface area contributed by atoms with E-state index in [0.29, 0.717) is 5.56 Å². The largest absolute Gasteiger partial charge is 0.480 e. The summed E-state index contributed by atoms with van der Waals surface area (Å²) >= 11 is 0. The van der Waals surface area contributed by atoms with Gasteiger partial charge < -0.3 is 37.6 Å². The van der Waals surface area contributed by atoms with Gasteiger partial charge >= 0.3 is 5.97 Å². The standard InChI is InChI=1S/C21H31N5O7/c1-11(2)17(20(31)24-14(21(32)33)8-12-6-4-3-5-7-12)26-19(30)15(10-27)25-18(29)13(22)9-16(23)28/h3-7,11,13-15,17,27H,8-10,22H2,1-2H3,(H2,23,28)(H,24,31)(H,25,29)(H,26,30)(H,32,33)/t13-,14-,15-,17-/m0/s1. The molecule has 0 heterocycles. The number of carboxylic acid groups (broad SMARTS) is 1. The number of hydrogen-bond acceptors (Lipinski definition) is 7. The number of aliphatic carboxylic acids is 1. The number of primary amides is 1. The van der Waals surface area contributed by atoms with Gasteiger partial charge in [0.25, 0.3) is 0 Å². The van der Waals surface area contributed by atoms with E-state index in [1.807, 2.05) is 0 Å². The van der Waals surface area contributed by atoms with Gasteiger partial charge in [-0.15, -0.1) is 0 Å². The highest BCUT2D eigenvalue weighted by molar-refractivity contribution is 5.95. The van der Waals surface area contributed by atoms with Crippen LogP contribution in [-0.2, 0) is 30.4 Å². The van der Waals surface area contributed by atoms with Gasteiger partial charge in [0, 0.05) is 6.42 Å². The third kappa shape index (κ3) is 9.25. The maximum Gasteiger partial charge on any atom is 0.326 e. The van der Waals surface area contributed by atoms with Crippen LogP contribution in [0.3, 0.4) is 0 Å². The number of nitrogens with two attached hydrogens (primary N) is 2. The van der Waals surface area contributed by atoms with E-state index in [2.05, 4.69) is 16.0 Å². The van der Waals surface area contributed by atoms with Crippen LogP contribution in [0.5, 0.6) is 0 Å². The fourth-order valence-corrected chi connectivity index (χ4v) is 2.88. The van der Waals surface area contributed by atoms with Crippen molar-refractivity contribution < 1.29 is 34.2 Å². The first-order chi connectivity index (χ1) is 15.5. The van der Waals surface area contributed by atoms with Crippen molar-refractivity contribution in [3.63, 3.8) is 0 Å². The van der Waals surface area contributed by atoms with Gasteiger partial charge in [0.15, 0.2) is 0 Å². The average molecular weight is 466 g/mol. The monoisotopic (exact) mass is 465 g/mol. The number of carboxylic acids is 1. The molecule has 0 aromatic heterocycles. The number of aliphatic hydroxyl groups excluding tert-OH is 1. The van der Waals surface area contributed by atoms with Crippen molar-refractivity contribution >= 4 is 29.6 Å². The van der Waals surface area contributed by atoms with Gasteiger partial charge in [0.05, 0.1) is 19.1 Å². The maximum atomic E-state index is 12.8. The molecule has 0 bridgehead atoms. The summed E-state index contributed by atoms with van der Waals surface area (Å²) in [4.78, 5) is 59.9. The molecule has 0 aliphatic heterocycles. The summed E-state index contributed by atoms with van der Waals surface area (Å²) in [5.41, 5.74) is 11.2. The normalized spacial score (nSPS) is 14.5. The molecule has 182 valence electrons. The van der Waals surface area contributed by atoms with Crippen LogP contribution in [0.4, 0.5) is 0 Å². The van der Waals surface area contributed by atoms with Crippen LogP contribution in [0, 0.1) is 5.92 Å². The Morgan fingerprint density at radius 2 is 1.48 bits per heavy atom. The third-order valence-corrected chi connectivity index (χ3v) is 4.72. The zero-order chi connectivity index (χ0) is 25.1. The fourth-order valence-electron chi connectivity index (χ4n) is 2.88.